The van der Waals surface area contributed by atoms with E-state index in [9.17, 15) is 4.39 Å². The molecule has 4 nitrogen and oxygen atoms in total. The zero-order chi connectivity index (χ0) is 14.9. The van der Waals surface area contributed by atoms with Crippen molar-refractivity contribution in [1.29, 1.82) is 0 Å². The molecule has 1 aliphatic rings. The standard InChI is InChI=1S/C14H22BFN2O2/c1-10-7-18(8-11(2)17(10)3)9-12-4-5-13(15(19)20)6-14(12)16/h4-6,10-11,19-20H,7-9H2,1-3H3. The quantitative estimate of drug-likeness (QED) is 0.767. The number of hydrogen-bond acceptors (Lipinski definition) is 4. The molecule has 20 heavy (non-hydrogen) atoms. The molecule has 1 aliphatic heterocycles. The fourth-order valence-electron chi connectivity index (χ4n) is 2.74. The van der Waals surface area contributed by atoms with Crippen LogP contribution >= 0.6 is 0 Å². The lowest BCUT2D eigenvalue weighted by molar-refractivity contribution is 0.0550. The second-order valence-electron chi connectivity index (χ2n) is 5.78. The summed E-state index contributed by atoms with van der Waals surface area (Å²) in [7, 11) is 0.493. The largest absolute Gasteiger partial charge is 0.488 e. The lowest BCUT2D eigenvalue weighted by Crippen LogP contribution is -2.54. The second kappa shape index (κ2) is 6.22. The number of likely N-dealkylation sites (N-methyl/N-ethyl adjacent to an activating group) is 1. The first-order chi connectivity index (χ1) is 9.38. The third-order valence-electron chi connectivity index (χ3n) is 4.20. The Balaban J connectivity index is 2.07. The highest BCUT2D eigenvalue weighted by Crippen LogP contribution is 2.17. The van der Waals surface area contributed by atoms with Crippen LogP contribution in [0, 0.1) is 5.82 Å². The van der Waals surface area contributed by atoms with Crippen LogP contribution in [0.15, 0.2) is 18.2 Å². The first kappa shape index (κ1) is 15.4. The van der Waals surface area contributed by atoms with Gasteiger partial charge in [-0.1, -0.05) is 12.1 Å². The van der Waals surface area contributed by atoms with Crippen molar-refractivity contribution in [3.8, 4) is 0 Å². The van der Waals surface area contributed by atoms with Crippen molar-refractivity contribution in [1.82, 2.24) is 9.80 Å². The third-order valence-corrected chi connectivity index (χ3v) is 4.20. The Morgan fingerprint density at radius 1 is 1.25 bits per heavy atom. The van der Waals surface area contributed by atoms with Gasteiger partial charge in [0, 0.05) is 37.3 Å². The molecule has 0 amide bonds. The Labute approximate surface area is 120 Å². The van der Waals surface area contributed by atoms with Gasteiger partial charge >= 0.3 is 7.12 Å². The molecule has 6 heteroatoms. The maximum atomic E-state index is 14.0. The van der Waals surface area contributed by atoms with Gasteiger partial charge in [0.25, 0.3) is 0 Å². The van der Waals surface area contributed by atoms with Crippen LogP contribution in [0.5, 0.6) is 0 Å². The normalized spacial score (nSPS) is 24.9. The summed E-state index contributed by atoms with van der Waals surface area (Å²) in [4.78, 5) is 4.57. The van der Waals surface area contributed by atoms with E-state index in [1.165, 1.54) is 6.07 Å². The monoisotopic (exact) mass is 280 g/mol. The van der Waals surface area contributed by atoms with E-state index in [4.69, 9.17) is 10.0 Å². The van der Waals surface area contributed by atoms with Gasteiger partial charge in [-0.3, -0.25) is 9.80 Å². The molecular weight excluding hydrogens is 258 g/mol. The van der Waals surface area contributed by atoms with E-state index in [1.54, 1.807) is 12.1 Å². The Bertz CT molecular complexity index is 460. The maximum absolute atomic E-state index is 14.0. The molecule has 1 heterocycles. The molecule has 0 radical (unpaired) electrons. The molecule has 0 saturated carbocycles. The molecule has 2 atom stereocenters. The lowest BCUT2D eigenvalue weighted by atomic mass is 9.80. The molecule has 2 rings (SSSR count). The van der Waals surface area contributed by atoms with Crippen molar-refractivity contribution < 1.29 is 14.4 Å². The van der Waals surface area contributed by atoms with E-state index >= 15 is 0 Å². The van der Waals surface area contributed by atoms with Gasteiger partial charge in [0.15, 0.2) is 0 Å². The molecule has 0 bridgehead atoms. The van der Waals surface area contributed by atoms with Crippen molar-refractivity contribution >= 4 is 12.6 Å². The number of rotatable bonds is 3. The van der Waals surface area contributed by atoms with E-state index in [0.717, 1.165) is 13.1 Å². The van der Waals surface area contributed by atoms with Crippen molar-refractivity contribution in [2.75, 3.05) is 20.1 Å². The summed E-state index contributed by atoms with van der Waals surface area (Å²) in [5, 5.41) is 18.1. The minimum Gasteiger partial charge on any atom is -0.423 e. The van der Waals surface area contributed by atoms with Crippen LogP contribution in [0.25, 0.3) is 0 Å². The van der Waals surface area contributed by atoms with Gasteiger partial charge in [0.1, 0.15) is 5.82 Å². The molecule has 1 fully saturated rings. The first-order valence-corrected chi connectivity index (χ1v) is 6.97. The van der Waals surface area contributed by atoms with Gasteiger partial charge in [-0.05, 0) is 32.4 Å². The van der Waals surface area contributed by atoms with E-state index in [0.29, 0.717) is 24.2 Å². The highest BCUT2D eigenvalue weighted by atomic mass is 19.1. The van der Waals surface area contributed by atoms with Gasteiger partial charge in [-0.2, -0.15) is 0 Å². The highest BCUT2D eigenvalue weighted by Gasteiger charge is 2.27. The summed E-state index contributed by atoms with van der Waals surface area (Å²) < 4.78 is 14.0. The Morgan fingerprint density at radius 3 is 2.35 bits per heavy atom. The smallest absolute Gasteiger partial charge is 0.423 e. The zero-order valence-corrected chi connectivity index (χ0v) is 12.3. The molecule has 1 saturated heterocycles. The third kappa shape index (κ3) is 3.38. The molecule has 1 aromatic carbocycles. The van der Waals surface area contributed by atoms with E-state index in [1.807, 2.05) is 0 Å². The number of halogens is 1. The zero-order valence-electron chi connectivity index (χ0n) is 12.3. The van der Waals surface area contributed by atoms with Crippen LogP contribution in [-0.2, 0) is 6.54 Å². The summed E-state index contributed by atoms with van der Waals surface area (Å²) in [5.74, 6) is -0.380. The Hall–Kier alpha value is -0.945. The van der Waals surface area contributed by atoms with Crippen LogP contribution < -0.4 is 5.46 Å². The second-order valence-corrected chi connectivity index (χ2v) is 5.78. The maximum Gasteiger partial charge on any atom is 0.488 e. The summed E-state index contributed by atoms with van der Waals surface area (Å²) in [5.41, 5.74) is 0.782. The SMILES string of the molecule is CC1CN(Cc2ccc(B(O)O)cc2F)CC(C)N1C. The molecular formula is C14H22BFN2O2. The van der Waals surface area contributed by atoms with Crippen molar-refractivity contribution in [3.63, 3.8) is 0 Å². The van der Waals surface area contributed by atoms with Crippen LogP contribution in [0.2, 0.25) is 0 Å². The topological polar surface area (TPSA) is 46.9 Å². The van der Waals surface area contributed by atoms with Gasteiger partial charge in [-0.15, -0.1) is 0 Å². The van der Waals surface area contributed by atoms with E-state index in [2.05, 4.69) is 30.7 Å². The molecule has 0 aliphatic carbocycles. The van der Waals surface area contributed by atoms with Crippen LogP contribution in [-0.4, -0.2) is 59.2 Å². The number of hydrogen-bond donors (Lipinski definition) is 2. The van der Waals surface area contributed by atoms with Crippen LogP contribution in [0.1, 0.15) is 19.4 Å². The van der Waals surface area contributed by atoms with Gasteiger partial charge in [0.05, 0.1) is 0 Å². The number of nitrogens with zero attached hydrogens (tertiary/aromatic N) is 2. The number of piperazine rings is 1. The van der Waals surface area contributed by atoms with Gasteiger partial charge in [-0.25, -0.2) is 4.39 Å². The first-order valence-electron chi connectivity index (χ1n) is 6.97. The molecule has 0 aromatic heterocycles. The summed E-state index contributed by atoms with van der Waals surface area (Å²) in [6.45, 7) is 6.71. The molecule has 2 unspecified atom stereocenters. The minimum atomic E-state index is -1.62. The van der Waals surface area contributed by atoms with Crippen LogP contribution in [0.4, 0.5) is 4.39 Å². The predicted octanol–water partition coefficient (Wildman–Crippen LogP) is 0.0299. The van der Waals surface area contributed by atoms with Gasteiger partial charge in [0.2, 0.25) is 0 Å². The summed E-state index contributed by atoms with van der Waals surface area (Å²) in [6, 6.07) is 5.29. The molecule has 1 aromatic rings. The molecule has 110 valence electrons. The Morgan fingerprint density at radius 2 is 1.85 bits per heavy atom. The van der Waals surface area contributed by atoms with Gasteiger partial charge < -0.3 is 10.0 Å². The molecule has 2 N–H and O–H groups in total. The van der Waals surface area contributed by atoms with E-state index < -0.39 is 7.12 Å². The van der Waals surface area contributed by atoms with Crippen molar-refractivity contribution in [2.45, 2.75) is 32.5 Å². The van der Waals surface area contributed by atoms with Crippen molar-refractivity contribution in [2.24, 2.45) is 0 Å². The minimum absolute atomic E-state index is 0.186. The molecule has 0 spiro atoms. The average molecular weight is 280 g/mol. The summed E-state index contributed by atoms with van der Waals surface area (Å²) >= 11 is 0. The van der Waals surface area contributed by atoms with Crippen molar-refractivity contribution in [3.05, 3.63) is 29.6 Å². The Kier molecular flexibility index (Phi) is 4.80. The number of benzene rings is 1. The predicted molar refractivity (Wildman–Crippen MR) is 78.2 cm³/mol. The highest BCUT2D eigenvalue weighted by molar-refractivity contribution is 6.58. The van der Waals surface area contributed by atoms with Crippen LogP contribution in [0.3, 0.4) is 0 Å². The fourth-order valence-corrected chi connectivity index (χ4v) is 2.74. The average Bonchev–Trinajstić information content (AvgIpc) is 2.38. The lowest BCUT2D eigenvalue weighted by Gasteiger charge is -2.42. The fraction of sp³-hybridized carbons (Fsp3) is 0.571. The summed E-state index contributed by atoms with van der Waals surface area (Å²) in [6.07, 6.45) is 0. The van der Waals surface area contributed by atoms with E-state index in [-0.39, 0.29) is 11.3 Å².